The van der Waals surface area contributed by atoms with Crippen LogP contribution in [0.2, 0.25) is 0 Å². The fourth-order valence-electron chi connectivity index (χ4n) is 2.70. The van der Waals surface area contributed by atoms with Crippen molar-refractivity contribution in [2.24, 2.45) is 0 Å². The Morgan fingerprint density at radius 1 is 0.926 bits per heavy atom. The third-order valence-corrected chi connectivity index (χ3v) is 6.55. The molecule has 1 heterocycles. The predicted molar refractivity (Wildman–Crippen MR) is 99.0 cm³/mol. The summed E-state index contributed by atoms with van der Waals surface area (Å²) in [5, 5.41) is -0.601. The highest BCUT2D eigenvalue weighted by atomic mass is 32.2. The van der Waals surface area contributed by atoms with E-state index in [2.05, 4.69) is 0 Å². The second kappa shape index (κ2) is 7.87. The quantitative estimate of drug-likeness (QED) is 0.715. The first-order chi connectivity index (χ1) is 12.9. The normalized spacial score (nSPS) is 14.4. The summed E-state index contributed by atoms with van der Waals surface area (Å²) in [6, 6.07) is 13.1. The van der Waals surface area contributed by atoms with Gasteiger partial charge in [0.2, 0.25) is 0 Å². The number of benzene rings is 2. The van der Waals surface area contributed by atoms with Crippen molar-refractivity contribution in [3.63, 3.8) is 0 Å². The van der Waals surface area contributed by atoms with Gasteiger partial charge in [0.15, 0.2) is 16.4 Å². The maximum atomic E-state index is 12.6. The average molecular weight is 391 g/mol. The first kappa shape index (κ1) is 19.0. The Morgan fingerprint density at radius 2 is 1.41 bits per heavy atom. The van der Waals surface area contributed by atoms with Crippen LogP contribution in [0.15, 0.2) is 53.4 Å². The maximum absolute atomic E-state index is 12.6. The summed E-state index contributed by atoms with van der Waals surface area (Å²) >= 11 is 0. The van der Waals surface area contributed by atoms with Crippen LogP contribution < -0.4 is 14.2 Å². The second-order valence-electron chi connectivity index (χ2n) is 6.11. The molecular weight excluding hydrogens is 370 g/mol. The highest BCUT2D eigenvalue weighted by Crippen LogP contribution is 2.25. The molecule has 0 spiro atoms. The van der Waals surface area contributed by atoms with Crippen molar-refractivity contribution in [3.05, 3.63) is 48.5 Å². The van der Waals surface area contributed by atoms with Crippen LogP contribution in [-0.4, -0.2) is 58.4 Å². The zero-order chi connectivity index (χ0) is 19.4. The molecule has 144 valence electrons. The number of hydrogen-bond donors (Lipinski definition) is 0. The van der Waals surface area contributed by atoms with Crippen LogP contribution in [0, 0.1) is 0 Å². The molecule has 0 aliphatic carbocycles. The van der Waals surface area contributed by atoms with E-state index in [1.54, 1.807) is 43.5 Å². The molecular formula is C19H21NO6S. The van der Waals surface area contributed by atoms with Gasteiger partial charge in [0.1, 0.15) is 22.5 Å². The van der Waals surface area contributed by atoms with Gasteiger partial charge in [0, 0.05) is 13.1 Å². The number of hydrogen-bond acceptors (Lipinski definition) is 6. The molecule has 1 fully saturated rings. The Balaban J connectivity index is 1.52. The molecule has 8 heteroatoms. The molecule has 1 aliphatic heterocycles. The average Bonchev–Trinajstić information content (AvgIpc) is 2.65. The van der Waals surface area contributed by atoms with Crippen LogP contribution in [0.3, 0.4) is 0 Å². The van der Waals surface area contributed by atoms with Gasteiger partial charge in [-0.15, -0.1) is 0 Å². The van der Waals surface area contributed by atoms with Gasteiger partial charge >= 0.3 is 0 Å². The number of nitrogens with zero attached hydrogens (tertiary/aromatic N) is 1. The Labute approximate surface area is 158 Å². The smallest absolute Gasteiger partial charge is 0.260 e. The largest absolute Gasteiger partial charge is 0.497 e. The number of methoxy groups -OCH3 is 2. The van der Waals surface area contributed by atoms with E-state index in [1.807, 2.05) is 0 Å². The summed E-state index contributed by atoms with van der Waals surface area (Å²) in [6.45, 7) is 0.194. The zero-order valence-electron chi connectivity index (χ0n) is 15.1. The van der Waals surface area contributed by atoms with Gasteiger partial charge in [-0.1, -0.05) is 0 Å². The lowest BCUT2D eigenvalue weighted by Crippen LogP contribution is -2.57. The monoisotopic (exact) mass is 391 g/mol. The fourth-order valence-corrected chi connectivity index (χ4v) is 4.36. The lowest BCUT2D eigenvalue weighted by atomic mass is 10.2. The molecule has 2 aromatic carbocycles. The Bertz CT molecular complexity index is 887. The summed E-state index contributed by atoms with van der Waals surface area (Å²) in [4.78, 5) is 13.9. The van der Waals surface area contributed by atoms with Crippen LogP contribution in [0.4, 0.5) is 0 Å². The maximum Gasteiger partial charge on any atom is 0.260 e. The molecule has 0 aromatic heterocycles. The number of amides is 1. The minimum absolute atomic E-state index is 0.137. The van der Waals surface area contributed by atoms with Gasteiger partial charge in [-0.05, 0) is 48.5 Å². The van der Waals surface area contributed by atoms with Crippen molar-refractivity contribution >= 4 is 15.7 Å². The van der Waals surface area contributed by atoms with Crippen LogP contribution in [0.25, 0.3) is 0 Å². The number of ether oxygens (including phenoxy) is 3. The minimum Gasteiger partial charge on any atom is -0.497 e. The summed E-state index contributed by atoms with van der Waals surface area (Å²) in [5.74, 6) is 1.59. The van der Waals surface area contributed by atoms with E-state index in [4.69, 9.17) is 14.2 Å². The van der Waals surface area contributed by atoms with E-state index in [0.29, 0.717) is 17.2 Å². The highest BCUT2D eigenvalue weighted by Gasteiger charge is 2.40. The van der Waals surface area contributed by atoms with Crippen LogP contribution in [-0.2, 0) is 14.6 Å². The number of likely N-dealkylation sites (tertiary alicyclic amines) is 1. The van der Waals surface area contributed by atoms with E-state index in [9.17, 15) is 13.2 Å². The van der Waals surface area contributed by atoms with Gasteiger partial charge in [-0.25, -0.2) is 8.42 Å². The molecule has 0 bridgehead atoms. The second-order valence-corrected chi connectivity index (χ2v) is 8.33. The van der Waals surface area contributed by atoms with Crippen molar-refractivity contribution in [1.29, 1.82) is 0 Å². The van der Waals surface area contributed by atoms with E-state index in [0.717, 1.165) is 0 Å². The fraction of sp³-hybridized carbons (Fsp3) is 0.316. The molecule has 3 rings (SSSR count). The van der Waals surface area contributed by atoms with E-state index < -0.39 is 15.1 Å². The molecule has 0 saturated carbocycles. The van der Waals surface area contributed by atoms with E-state index >= 15 is 0 Å². The van der Waals surface area contributed by atoms with Crippen LogP contribution in [0.1, 0.15) is 0 Å². The van der Waals surface area contributed by atoms with Crippen molar-refractivity contribution in [1.82, 2.24) is 4.90 Å². The lowest BCUT2D eigenvalue weighted by Gasteiger charge is -2.38. The molecule has 0 unspecified atom stereocenters. The van der Waals surface area contributed by atoms with Crippen molar-refractivity contribution in [3.8, 4) is 17.2 Å². The van der Waals surface area contributed by atoms with Gasteiger partial charge < -0.3 is 19.1 Å². The molecule has 2 aromatic rings. The standard InChI is InChI=1S/C19H21NO6S/c1-24-14-3-5-16(6-4-14)26-13-19(21)20-11-18(12-20)27(22,23)17-9-7-15(25-2)8-10-17/h3-10,18H,11-13H2,1-2H3. The molecule has 1 saturated heterocycles. The Hall–Kier alpha value is -2.74. The SMILES string of the molecule is COc1ccc(OCC(=O)N2CC(S(=O)(=O)c3ccc(OC)cc3)C2)cc1. The molecule has 1 aliphatic rings. The van der Waals surface area contributed by atoms with Crippen LogP contribution >= 0.6 is 0 Å². The molecule has 0 N–H and O–H groups in total. The summed E-state index contributed by atoms with van der Waals surface area (Å²) in [5.41, 5.74) is 0. The summed E-state index contributed by atoms with van der Waals surface area (Å²) in [7, 11) is -0.383. The predicted octanol–water partition coefficient (Wildman–Crippen LogP) is 1.77. The third kappa shape index (κ3) is 4.16. The van der Waals surface area contributed by atoms with Gasteiger partial charge in [-0.2, -0.15) is 0 Å². The summed E-state index contributed by atoms with van der Waals surface area (Å²) < 4.78 is 40.7. The summed E-state index contributed by atoms with van der Waals surface area (Å²) in [6.07, 6.45) is 0. The molecule has 1 amide bonds. The van der Waals surface area contributed by atoms with Crippen molar-refractivity contribution in [2.45, 2.75) is 10.1 Å². The van der Waals surface area contributed by atoms with Gasteiger partial charge in [0.25, 0.3) is 5.91 Å². The van der Waals surface area contributed by atoms with Crippen molar-refractivity contribution < 1.29 is 27.4 Å². The Morgan fingerprint density at radius 3 is 1.93 bits per heavy atom. The van der Waals surface area contributed by atoms with E-state index in [-0.39, 0.29) is 30.5 Å². The van der Waals surface area contributed by atoms with Gasteiger partial charge in [0.05, 0.1) is 19.1 Å². The molecule has 7 nitrogen and oxygen atoms in total. The molecule has 27 heavy (non-hydrogen) atoms. The minimum atomic E-state index is -3.47. The number of sulfone groups is 1. The first-order valence-electron chi connectivity index (χ1n) is 8.36. The third-order valence-electron chi connectivity index (χ3n) is 4.45. The zero-order valence-corrected chi connectivity index (χ0v) is 15.9. The molecule has 0 radical (unpaired) electrons. The number of carbonyl (C=O) groups is 1. The van der Waals surface area contributed by atoms with E-state index in [1.165, 1.54) is 24.1 Å². The first-order valence-corrected chi connectivity index (χ1v) is 9.91. The molecule has 0 atom stereocenters. The topological polar surface area (TPSA) is 82.1 Å². The number of carbonyl (C=O) groups excluding carboxylic acids is 1. The van der Waals surface area contributed by atoms with Crippen LogP contribution in [0.5, 0.6) is 17.2 Å². The Kier molecular flexibility index (Phi) is 5.55. The van der Waals surface area contributed by atoms with Gasteiger partial charge in [-0.3, -0.25) is 4.79 Å². The highest BCUT2D eigenvalue weighted by molar-refractivity contribution is 7.92. The lowest BCUT2D eigenvalue weighted by molar-refractivity contribution is -0.136. The number of rotatable bonds is 7. The van der Waals surface area contributed by atoms with Crippen molar-refractivity contribution in [2.75, 3.05) is 33.9 Å².